The van der Waals surface area contributed by atoms with Crippen molar-refractivity contribution in [3.63, 3.8) is 0 Å². The molecule has 0 radical (unpaired) electrons. The molecule has 0 fully saturated rings. The van der Waals surface area contributed by atoms with Crippen molar-refractivity contribution in [1.82, 2.24) is 15.4 Å². The van der Waals surface area contributed by atoms with Gasteiger partial charge in [0.25, 0.3) is 5.91 Å². The molecule has 0 spiro atoms. The quantitative estimate of drug-likeness (QED) is 0.506. The van der Waals surface area contributed by atoms with Gasteiger partial charge in [0, 0.05) is 11.1 Å². The van der Waals surface area contributed by atoms with Crippen molar-refractivity contribution < 1.29 is 14.7 Å². The van der Waals surface area contributed by atoms with Crippen molar-refractivity contribution in [3.8, 4) is 0 Å². The summed E-state index contributed by atoms with van der Waals surface area (Å²) >= 11 is 0. The Bertz CT molecular complexity index is 914. The van der Waals surface area contributed by atoms with Gasteiger partial charge in [0.2, 0.25) is 0 Å². The van der Waals surface area contributed by atoms with Gasteiger partial charge in [0.05, 0.1) is 29.1 Å². The number of H-pyrrole nitrogens is 1. The van der Waals surface area contributed by atoms with Gasteiger partial charge >= 0.3 is 5.97 Å². The molecule has 7 nitrogen and oxygen atoms in total. The molecular formula is C16H12N4O3. The van der Waals surface area contributed by atoms with Crippen LogP contribution >= 0.6 is 0 Å². The predicted molar refractivity (Wildman–Crippen MR) is 84.6 cm³/mol. The summed E-state index contributed by atoms with van der Waals surface area (Å²) < 4.78 is 0. The molecule has 0 saturated heterocycles. The minimum absolute atomic E-state index is 0.115. The number of hydrogen-bond acceptors (Lipinski definition) is 4. The number of fused-ring (bicyclic) bond motifs is 1. The summed E-state index contributed by atoms with van der Waals surface area (Å²) in [5.74, 6) is -1.45. The zero-order chi connectivity index (χ0) is 16.2. The fourth-order valence-corrected chi connectivity index (χ4v) is 2.11. The molecule has 0 atom stereocenters. The van der Waals surface area contributed by atoms with Crippen LogP contribution in [0, 0.1) is 0 Å². The molecule has 0 aliphatic carbocycles. The molecule has 1 heterocycles. The zero-order valence-electron chi connectivity index (χ0n) is 11.9. The molecule has 23 heavy (non-hydrogen) atoms. The van der Waals surface area contributed by atoms with Crippen LogP contribution in [-0.4, -0.2) is 33.2 Å². The molecule has 3 aromatic rings. The number of carboxylic acids is 1. The number of aromatic amines is 1. The Morgan fingerprint density at radius 1 is 1.22 bits per heavy atom. The molecule has 1 aromatic heterocycles. The molecule has 114 valence electrons. The number of hydrogen-bond donors (Lipinski definition) is 3. The van der Waals surface area contributed by atoms with E-state index in [4.69, 9.17) is 5.11 Å². The van der Waals surface area contributed by atoms with E-state index >= 15 is 0 Å². The van der Waals surface area contributed by atoms with Gasteiger partial charge in [-0.05, 0) is 24.3 Å². The van der Waals surface area contributed by atoms with Crippen LogP contribution in [0.1, 0.15) is 26.3 Å². The third-order valence-corrected chi connectivity index (χ3v) is 3.24. The van der Waals surface area contributed by atoms with E-state index in [-0.39, 0.29) is 5.56 Å². The molecule has 0 saturated carbocycles. The number of hydrazone groups is 1. The Morgan fingerprint density at radius 3 is 2.87 bits per heavy atom. The van der Waals surface area contributed by atoms with Crippen LogP contribution in [0.4, 0.5) is 0 Å². The van der Waals surface area contributed by atoms with Gasteiger partial charge in [0.1, 0.15) is 0 Å². The first-order chi connectivity index (χ1) is 11.1. The topological polar surface area (TPSA) is 107 Å². The van der Waals surface area contributed by atoms with Gasteiger partial charge in [-0.3, -0.25) is 4.79 Å². The number of carboxylic acid groups (broad SMARTS) is 1. The number of rotatable bonds is 4. The lowest BCUT2D eigenvalue weighted by Gasteiger charge is -2.01. The molecular weight excluding hydrogens is 296 g/mol. The minimum Gasteiger partial charge on any atom is -0.478 e. The van der Waals surface area contributed by atoms with E-state index in [0.717, 1.165) is 11.0 Å². The Labute approximate surface area is 130 Å². The monoisotopic (exact) mass is 308 g/mol. The second-order valence-corrected chi connectivity index (χ2v) is 4.73. The van der Waals surface area contributed by atoms with Crippen molar-refractivity contribution in [2.75, 3.05) is 0 Å². The van der Waals surface area contributed by atoms with E-state index in [0.29, 0.717) is 11.1 Å². The summed E-state index contributed by atoms with van der Waals surface area (Å²) in [5, 5.41) is 12.9. The number of benzene rings is 2. The summed E-state index contributed by atoms with van der Waals surface area (Å²) in [5.41, 5.74) is 4.83. The third kappa shape index (κ3) is 3.08. The van der Waals surface area contributed by atoms with Gasteiger partial charge in [-0.25, -0.2) is 15.2 Å². The second-order valence-electron chi connectivity index (χ2n) is 4.73. The Morgan fingerprint density at radius 2 is 2.04 bits per heavy atom. The number of imidazole rings is 1. The molecule has 0 bridgehead atoms. The maximum atomic E-state index is 12.0. The Kier molecular flexibility index (Phi) is 3.84. The lowest BCUT2D eigenvalue weighted by molar-refractivity contribution is 0.0696. The van der Waals surface area contributed by atoms with Crippen LogP contribution in [0.3, 0.4) is 0 Å². The smallest absolute Gasteiger partial charge is 0.336 e. The highest BCUT2D eigenvalue weighted by Crippen LogP contribution is 2.11. The minimum atomic E-state index is -1.05. The van der Waals surface area contributed by atoms with Gasteiger partial charge in [-0.1, -0.05) is 18.2 Å². The molecule has 3 N–H and O–H groups in total. The largest absolute Gasteiger partial charge is 0.478 e. The summed E-state index contributed by atoms with van der Waals surface area (Å²) in [4.78, 5) is 30.1. The van der Waals surface area contributed by atoms with Gasteiger partial charge < -0.3 is 10.1 Å². The van der Waals surface area contributed by atoms with E-state index < -0.39 is 11.9 Å². The highest BCUT2D eigenvalue weighted by atomic mass is 16.4. The average Bonchev–Trinajstić information content (AvgIpc) is 3.02. The molecule has 2 aromatic carbocycles. The maximum absolute atomic E-state index is 12.0. The van der Waals surface area contributed by atoms with Gasteiger partial charge in [-0.2, -0.15) is 5.10 Å². The van der Waals surface area contributed by atoms with Gasteiger partial charge in [-0.15, -0.1) is 0 Å². The van der Waals surface area contributed by atoms with Crippen molar-refractivity contribution in [2.24, 2.45) is 5.10 Å². The normalized spacial score (nSPS) is 11.0. The Hall–Kier alpha value is -3.48. The van der Waals surface area contributed by atoms with Crippen LogP contribution in [0.15, 0.2) is 53.9 Å². The number of aromatic carboxylic acids is 1. The van der Waals surface area contributed by atoms with E-state index in [1.165, 1.54) is 12.3 Å². The first-order valence-electron chi connectivity index (χ1n) is 6.74. The van der Waals surface area contributed by atoms with Crippen molar-refractivity contribution in [1.29, 1.82) is 0 Å². The van der Waals surface area contributed by atoms with Crippen molar-refractivity contribution in [3.05, 3.63) is 65.5 Å². The van der Waals surface area contributed by atoms with Crippen LogP contribution in [-0.2, 0) is 0 Å². The average molecular weight is 308 g/mol. The van der Waals surface area contributed by atoms with Crippen molar-refractivity contribution >= 4 is 29.1 Å². The predicted octanol–water partition coefficient (Wildman–Crippen LogP) is 2.02. The van der Waals surface area contributed by atoms with E-state index in [1.54, 1.807) is 42.7 Å². The first kappa shape index (κ1) is 14.5. The summed E-state index contributed by atoms with van der Waals surface area (Å²) in [6.07, 6.45) is 2.85. The molecule has 0 aliphatic heterocycles. The number of carbonyl (C=O) groups excluding carboxylic acids is 1. The summed E-state index contributed by atoms with van der Waals surface area (Å²) in [7, 11) is 0. The zero-order valence-corrected chi connectivity index (χ0v) is 11.9. The van der Waals surface area contributed by atoms with Crippen LogP contribution in [0.25, 0.3) is 11.0 Å². The number of aromatic nitrogens is 2. The summed E-state index contributed by atoms with van der Waals surface area (Å²) in [6, 6.07) is 11.4. The van der Waals surface area contributed by atoms with E-state index in [9.17, 15) is 9.59 Å². The first-order valence-corrected chi connectivity index (χ1v) is 6.74. The molecule has 0 aliphatic rings. The number of nitrogens with one attached hydrogen (secondary N) is 2. The van der Waals surface area contributed by atoms with Crippen LogP contribution in [0.5, 0.6) is 0 Å². The lowest BCUT2D eigenvalue weighted by atomic mass is 10.1. The highest BCUT2D eigenvalue weighted by Gasteiger charge is 2.08. The van der Waals surface area contributed by atoms with Crippen LogP contribution in [0.2, 0.25) is 0 Å². The molecule has 7 heteroatoms. The lowest BCUT2D eigenvalue weighted by Crippen LogP contribution is -2.17. The SMILES string of the molecule is O=C(NN=Cc1ccccc1C(=O)O)c1ccc2nc[nH]c2c1. The number of carbonyl (C=O) groups is 2. The molecule has 0 unspecified atom stereocenters. The second kappa shape index (κ2) is 6.10. The summed E-state index contributed by atoms with van der Waals surface area (Å²) in [6.45, 7) is 0. The standard InChI is InChI=1S/C16H12N4O3/c21-15(10-5-6-13-14(7-10)18-9-17-13)20-19-8-11-3-1-2-4-12(11)16(22)23/h1-9H,(H,17,18)(H,20,21)(H,22,23). The van der Waals surface area contributed by atoms with Crippen LogP contribution < -0.4 is 5.43 Å². The molecule has 3 rings (SSSR count). The Balaban J connectivity index is 1.75. The number of amides is 1. The molecule has 1 amide bonds. The fourth-order valence-electron chi connectivity index (χ4n) is 2.11. The van der Waals surface area contributed by atoms with E-state index in [2.05, 4.69) is 20.5 Å². The number of nitrogens with zero attached hydrogens (tertiary/aromatic N) is 2. The highest BCUT2D eigenvalue weighted by molar-refractivity contribution is 6.00. The van der Waals surface area contributed by atoms with E-state index in [1.807, 2.05) is 0 Å². The fraction of sp³-hybridized carbons (Fsp3) is 0. The van der Waals surface area contributed by atoms with Crippen molar-refractivity contribution in [2.45, 2.75) is 0 Å². The third-order valence-electron chi connectivity index (χ3n) is 3.24. The maximum Gasteiger partial charge on any atom is 0.336 e. The van der Waals surface area contributed by atoms with Gasteiger partial charge in [0.15, 0.2) is 0 Å².